The van der Waals surface area contributed by atoms with Crippen molar-refractivity contribution in [2.75, 3.05) is 31.1 Å². The Morgan fingerprint density at radius 2 is 1.69 bits per heavy atom. The number of nitrogens with zero attached hydrogens (tertiary/aromatic N) is 4. The van der Waals surface area contributed by atoms with E-state index in [9.17, 15) is 23.3 Å². The molecule has 0 saturated carbocycles. The van der Waals surface area contributed by atoms with Crippen LogP contribution in [0.4, 0.5) is 16.2 Å². The number of aromatic nitrogens is 1. The summed E-state index contributed by atoms with van der Waals surface area (Å²) in [4.78, 5) is 30.9. The highest BCUT2D eigenvalue weighted by atomic mass is 32.2. The van der Waals surface area contributed by atoms with Gasteiger partial charge in [0.15, 0.2) is 4.90 Å². The predicted octanol–water partition coefficient (Wildman–Crippen LogP) is 4.03. The summed E-state index contributed by atoms with van der Waals surface area (Å²) in [5.74, 6) is 0. The maximum atomic E-state index is 13.5. The number of amides is 1. The fourth-order valence-corrected chi connectivity index (χ4v) is 5.62. The van der Waals surface area contributed by atoms with Gasteiger partial charge < -0.3 is 14.5 Å². The zero-order valence-corrected chi connectivity index (χ0v) is 20.5. The molecule has 184 valence electrons. The Morgan fingerprint density at radius 1 is 1.03 bits per heavy atom. The molecule has 0 spiro atoms. The van der Waals surface area contributed by atoms with Crippen molar-refractivity contribution in [2.24, 2.45) is 0 Å². The smallest absolute Gasteiger partial charge is 0.410 e. The number of rotatable bonds is 4. The Balaban J connectivity index is 1.73. The van der Waals surface area contributed by atoms with Crippen LogP contribution in [0.1, 0.15) is 20.8 Å². The van der Waals surface area contributed by atoms with E-state index < -0.39 is 26.0 Å². The van der Waals surface area contributed by atoms with Crippen molar-refractivity contribution in [1.82, 2.24) is 9.88 Å². The lowest BCUT2D eigenvalue weighted by molar-refractivity contribution is -0.387. The Bertz CT molecular complexity index is 1380. The molecule has 0 aliphatic carbocycles. The Labute approximate surface area is 203 Å². The first-order chi connectivity index (χ1) is 16.5. The number of benzene rings is 2. The normalized spacial score (nSPS) is 14.7. The molecule has 1 fully saturated rings. The number of fused-ring (bicyclic) bond motifs is 1. The molecule has 1 amide bonds. The number of sulfone groups is 1. The van der Waals surface area contributed by atoms with Crippen LogP contribution in [0.3, 0.4) is 0 Å². The van der Waals surface area contributed by atoms with Gasteiger partial charge in [0.05, 0.1) is 21.0 Å². The monoisotopic (exact) mass is 498 g/mol. The van der Waals surface area contributed by atoms with Gasteiger partial charge in [0, 0.05) is 31.6 Å². The summed E-state index contributed by atoms with van der Waals surface area (Å²) in [6.45, 7) is 7.19. The number of ether oxygens (including phenoxy) is 1. The lowest BCUT2D eigenvalue weighted by Crippen LogP contribution is -2.50. The third-order valence-corrected chi connectivity index (χ3v) is 7.46. The molecule has 2 heterocycles. The Kier molecular flexibility index (Phi) is 6.37. The Hall–Kier alpha value is -3.73. The number of para-hydroxylation sites is 1. The molecule has 1 saturated heterocycles. The lowest BCUT2D eigenvalue weighted by atomic mass is 10.1. The molecule has 1 aliphatic heterocycles. The van der Waals surface area contributed by atoms with Crippen LogP contribution in [-0.4, -0.2) is 61.1 Å². The summed E-state index contributed by atoms with van der Waals surface area (Å²) in [5, 5.41) is 11.9. The van der Waals surface area contributed by atoms with Gasteiger partial charge in [-0.05, 0) is 39.0 Å². The summed E-state index contributed by atoms with van der Waals surface area (Å²) >= 11 is 0. The molecule has 2 aromatic carbocycles. The van der Waals surface area contributed by atoms with Crippen molar-refractivity contribution < 1.29 is 22.9 Å². The number of nitro groups is 1. The zero-order chi connectivity index (χ0) is 25.4. The van der Waals surface area contributed by atoms with E-state index in [4.69, 9.17) is 4.74 Å². The average molecular weight is 499 g/mol. The maximum Gasteiger partial charge on any atom is 0.410 e. The first-order valence-corrected chi connectivity index (χ1v) is 12.6. The molecule has 1 aromatic heterocycles. The van der Waals surface area contributed by atoms with E-state index in [0.717, 1.165) is 6.20 Å². The van der Waals surface area contributed by atoms with Gasteiger partial charge in [-0.25, -0.2) is 18.2 Å². The standard InChI is InChI=1S/C24H26N4O6S/c1-24(2,3)34-23(29)27-14-12-26(13-15-27)19-11-7-10-18-21(19)25-16-20(28(30)31)22(18)35(32,33)17-8-5-4-6-9-17/h4-11,16H,12-15H2,1-3H3. The van der Waals surface area contributed by atoms with E-state index in [1.165, 1.54) is 18.2 Å². The van der Waals surface area contributed by atoms with Crippen molar-refractivity contribution >= 4 is 38.2 Å². The summed E-state index contributed by atoms with van der Waals surface area (Å²) < 4.78 is 32.4. The second-order valence-corrected chi connectivity index (χ2v) is 11.1. The van der Waals surface area contributed by atoms with Crippen LogP contribution in [0.25, 0.3) is 10.9 Å². The molecule has 4 rings (SSSR count). The van der Waals surface area contributed by atoms with E-state index in [1.54, 1.807) is 35.2 Å². The first kappa shape index (κ1) is 24.4. The molecular formula is C24H26N4O6S. The van der Waals surface area contributed by atoms with E-state index in [1.807, 2.05) is 25.7 Å². The van der Waals surface area contributed by atoms with Crippen molar-refractivity contribution in [3.63, 3.8) is 0 Å². The maximum absolute atomic E-state index is 13.5. The van der Waals surface area contributed by atoms with Crippen molar-refractivity contribution in [1.29, 1.82) is 0 Å². The summed E-state index contributed by atoms with van der Waals surface area (Å²) in [7, 11) is -4.20. The zero-order valence-electron chi connectivity index (χ0n) is 19.7. The van der Waals surface area contributed by atoms with Gasteiger partial charge in [-0.3, -0.25) is 10.1 Å². The highest BCUT2D eigenvalue weighted by Gasteiger charge is 2.32. The predicted molar refractivity (Wildman–Crippen MR) is 130 cm³/mol. The fraction of sp³-hybridized carbons (Fsp3) is 0.333. The SMILES string of the molecule is CC(C)(C)OC(=O)N1CCN(c2cccc3c(S(=O)(=O)c4ccccc4)c([N+](=O)[O-])cnc23)CC1. The van der Waals surface area contributed by atoms with Crippen LogP contribution >= 0.6 is 0 Å². The van der Waals surface area contributed by atoms with Gasteiger partial charge in [0.25, 0.3) is 0 Å². The van der Waals surface area contributed by atoms with Crippen molar-refractivity contribution in [3.05, 3.63) is 64.8 Å². The molecule has 3 aromatic rings. The van der Waals surface area contributed by atoms with Crippen molar-refractivity contribution in [2.45, 2.75) is 36.2 Å². The Morgan fingerprint density at radius 3 is 2.29 bits per heavy atom. The van der Waals surface area contributed by atoms with Gasteiger partial charge in [0.1, 0.15) is 11.8 Å². The molecule has 10 nitrogen and oxygen atoms in total. The molecule has 0 atom stereocenters. The van der Waals surface area contributed by atoms with Gasteiger partial charge in [-0.1, -0.05) is 30.3 Å². The number of hydrogen-bond donors (Lipinski definition) is 0. The minimum Gasteiger partial charge on any atom is -0.444 e. The molecular weight excluding hydrogens is 472 g/mol. The number of carbonyl (C=O) groups excluding carboxylic acids is 1. The number of hydrogen-bond acceptors (Lipinski definition) is 8. The number of pyridine rings is 1. The summed E-state index contributed by atoms with van der Waals surface area (Å²) in [5.41, 5.74) is -0.180. The van der Waals surface area contributed by atoms with Gasteiger partial charge >= 0.3 is 11.8 Å². The molecule has 1 aliphatic rings. The van der Waals surface area contributed by atoms with E-state index in [0.29, 0.717) is 37.4 Å². The van der Waals surface area contributed by atoms with Gasteiger partial charge in [0.2, 0.25) is 9.84 Å². The molecule has 11 heteroatoms. The molecule has 0 N–H and O–H groups in total. The number of piperazine rings is 1. The first-order valence-electron chi connectivity index (χ1n) is 11.1. The molecule has 0 bridgehead atoms. The van der Waals surface area contributed by atoms with E-state index in [-0.39, 0.29) is 21.3 Å². The van der Waals surface area contributed by atoms with Crippen molar-refractivity contribution in [3.8, 4) is 0 Å². The van der Waals surface area contributed by atoms with Crippen LogP contribution in [0.5, 0.6) is 0 Å². The quantitative estimate of drug-likeness (QED) is 0.390. The third kappa shape index (κ3) is 4.90. The van der Waals surface area contributed by atoms with Gasteiger partial charge in [-0.2, -0.15) is 0 Å². The molecule has 35 heavy (non-hydrogen) atoms. The van der Waals surface area contributed by atoms with E-state index in [2.05, 4.69) is 4.98 Å². The largest absolute Gasteiger partial charge is 0.444 e. The second kappa shape index (κ2) is 9.14. The van der Waals surface area contributed by atoms with Crippen LogP contribution in [0, 0.1) is 10.1 Å². The number of anilines is 1. The average Bonchev–Trinajstić information content (AvgIpc) is 2.82. The highest BCUT2D eigenvalue weighted by Crippen LogP contribution is 2.38. The second-order valence-electron chi connectivity index (χ2n) is 9.17. The fourth-order valence-electron chi connectivity index (χ4n) is 4.01. The summed E-state index contributed by atoms with van der Waals surface area (Å²) in [6, 6.07) is 12.6. The number of carbonyl (C=O) groups is 1. The topological polar surface area (TPSA) is 123 Å². The third-order valence-electron chi connectivity index (χ3n) is 5.60. The van der Waals surface area contributed by atoms with Crippen LogP contribution in [-0.2, 0) is 14.6 Å². The van der Waals surface area contributed by atoms with Crippen LogP contribution in [0.2, 0.25) is 0 Å². The molecule has 0 radical (unpaired) electrons. The minimum atomic E-state index is -4.20. The highest BCUT2D eigenvalue weighted by molar-refractivity contribution is 7.91. The van der Waals surface area contributed by atoms with Gasteiger partial charge in [-0.15, -0.1) is 0 Å². The van der Waals surface area contributed by atoms with E-state index >= 15 is 0 Å². The van der Waals surface area contributed by atoms with Crippen LogP contribution < -0.4 is 4.90 Å². The van der Waals surface area contributed by atoms with Crippen LogP contribution in [0.15, 0.2) is 64.5 Å². The minimum absolute atomic E-state index is 0.0352. The summed E-state index contributed by atoms with van der Waals surface area (Å²) in [6.07, 6.45) is 0.610. The molecule has 0 unspecified atom stereocenters. The lowest BCUT2D eigenvalue weighted by Gasteiger charge is -2.37.